The summed E-state index contributed by atoms with van der Waals surface area (Å²) in [5.41, 5.74) is 2.48. The molecule has 2 saturated carbocycles. The molecule has 2 fully saturated rings. The molecule has 5 rings (SSSR count). The largest absolute Gasteiger partial charge is 0.497 e. The SMILES string of the molecule is C=C[C@@H]1C[C@]23C=C[C@@]1(OC(C)=O)[C@@]2(C)CC[C@@H]1c2ccc(OC)cc2CC[C@H]13. The molecule has 0 aromatic heterocycles. The van der Waals surface area contributed by atoms with Crippen LogP contribution in [0.1, 0.15) is 56.6 Å². The average molecular weight is 379 g/mol. The van der Waals surface area contributed by atoms with Gasteiger partial charge in [0.15, 0.2) is 0 Å². The highest BCUT2D eigenvalue weighted by Crippen LogP contribution is 2.77. The van der Waals surface area contributed by atoms with E-state index in [2.05, 4.69) is 43.9 Å². The van der Waals surface area contributed by atoms with Crippen molar-refractivity contribution in [3.8, 4) is 5.75 Å². The van der Waals surface area contributed by atoms with E-state index in [0.29, 0.717) is 11.8 Å². The third-order valence-corrected chi connectivity index (χ3v) is 8.80. The van der Waals surface area contributed by atoms with E-state index in [4.69, 9.17) is 9.47 Å². The van der Waals surface area contributed by atoms with Crippen LogP contribution in [0.25, 0.3) is 0 Å². The lowest BCUT2D eigenvalue weighted by atomic mass is 9.48. The number of carbonyl (C=O) groups excluding carboxylic acids is 1. The summed E-state index contributed by atoms with van der Waals surface area (Å²) in [4.78, 5) is 12.1. The predicted molar refractivity (Wildman–Crippen MR) is 109 cm³/mol. The highest BCUT2D eigenvalue weighted by molar-refractivity contribution is 5.68. The van der Waals surface area contributed by atoms with Gasteiger partial charge in [-0.25, -0.2) is 0 Å². The number of hydrogen-bond acceptors (Lipinski definition) is 3. The second-order valence-corrected chi connectivity index (χ2v) is 9.49. The van der Waals surface area contributed by atoms with Crippen LogP contribution in [0.3, 0.4) is 0 Å². The molecule has 4 aliphatic carbocycles. The Bertz CT molecular complexity index is 886. The zero-order valence-corrected chi connectivity index (χ0v) is 17.2. The Kier molecular flexibility index (Phi) is 3.70. The lowest BCUT2D eigenvalue weighted by Crippen LogP contribution is -2.54. The van der Waals surface area contributed by atoms with Crippen LogP contribution < -0.4 is 4.74 Å². The van der Waals surface area contributed by atoms with Gasteiger partial charge in [-0.2, -0.15) is 0 Å². The summed E-state index contributed by atoms with van der Waals surface area (Å²) >= 11 is 0. The topological polar surface area (TPSA) is 35.5 Å². The molecular weight excluding hydrogens is 348 g/mol. The number of aryl methyl sites for hydroxylation is 1. The maximum absolute atomic E-state index is 12.1. The second-order valence-electron chi connectivity index (χ2n) is 9.49. The van der Waals surface area contributed by atoms with Gasteiger partial charge >= 0.3 is 5.97 Å². The van der Waals surface area contributed by atoms with E-state index in [-0.39, 0.29) is 22.7 Å². The van der Waals surface area contributed by atoms with Crippen molar-refractivity contribution in [3.05, 3.63) is 54.1 Å². The van der Waals surface area contributed by atoms with E-state index in [0.717, 1.165) is 31.4 Å². The van der Waals surface area contributed by atoms with Gasteiger partial charge in [0, 0.05) is 23.7 Å². The maximum atomic E-state index is 12.1. The summed E-state index contributed by atoms with van der Waals surface area (Å²) in [5.74, 6) is 2.13. The Morgan fingerprint density at radius 3 is 2.82 bits per heavy atom. The molecule has 0 radical (unpaired) electrons. The fourth-order valence-corrected chi connectivity index (χ4v) is 7.61. The highest BCUT2D eigenvalue weighted by Gasteiger charge is 2.75. The molecule has 0 saturated heterocycles. The van der Waals surface area contributed by atoms with Crippen LogP contribution in [0.5, 0.6) is 5.75 Å². The summed E-state index contributed by atoms with van der Waals surface area (Å²) < 4.78 is 11.6. The number of esters is 1. The minimum atomic E-state index is -0.522. The Labute approximate surface area is 167 Å². The standard InChI is InChI=1S/C25H30O3/c1-5-18-15-24-12-13-25(18,28-16(2)26)23(24,3)11-10-21-20-8-7-19(27-4)14-17(20)6-9-22(21)24/h5,7-8,12-14,18,21-22H,1,6,9-11,15H2,2-4H3/t18-,21-,22-,23+,24+,25+/m1/s1. The number of methoxy groups -OCH3 is 1. The molecule has 3 nitrogen and oxygen atoms in total. The number of rotatable bonds is 3. The molecule has 148 valence electrons. The maximum Gasteiger partial charge on any atom is 0.303 e. The Morgan fingerprint density at radius 1 is 1.29 bits per heavy atom. The van der Waals surface area contributed by atoms with Crippen molar-refractivity contribution in [1.29, 1.82) is 0 Å². The van der Waals surface area contributed by atoms with Gasteiger partial charge in [-0.3, -0.25) is 4.79 Å². The van der Waals surface area contributed by atoms with E-state index in [9.17, 15) is 4.79 Å². The zero-order valence-electron chi connectivity index (χ0n) is 17.2. The van der Waals surface area contributed by atoms with Gasteiger partial charge in [0.1, 0.15) is 11.4 Å². The molecule has 1 aromatic rings. The van der Waals surface area contributed by atoms with Crippen molar-refractivity contribution in [2.75, 3.05) is 7.11 Å². The molecule has 0 unspecified atom stereocenters. The molecule has 6 atom stereocenters. The molecular formula is C25H30O3. The quantitative estimate of drug-likeness (QED) is 0.535. The van der Waals surface area contributed by atoms with Gasteiger partial charge in [0.25, 0.3) is 0 Å². The van der Waals surface area contributed by atoms with Crippen molar-refractivity contribution in [2.45, 2.75) is 57.5 Å². The monoisotopic (exact) mass is 378 g/mol. The molecule has 2 bridgehead atoms. The minimum Gasteiger partial charge on any atom is -0.497 e. The Morgan fingerprint density at radius 2 is 2.11 bits per heavy atom. The Balaban J connectivity index is 1.60. The third kappa shape index (κ3) is 1.93. The molecule has 0 spiro atoms. The van der Waals surface area contributed by atoms with E-state index < -0.39 is 5.60 Å². The van der Waals surface area contributed by atoms with Gasteiger partial charge in [-0.05, 0) is 73.3 Å². The first-order valence-corrected chi connectivity index (χ1v) is 10.6. The molecule has 0 N–H and O–H groups in total. The van der Waals surface area contributed by atoms with Gasteiger partial charge in [0.05, 0.1) is 7.11 Å². The van der Waals surface area contributed by atoms with Crippen LogP contribution in [0.2, 0.25) is 0 Å². The fourth-order valence-electron chi connectivity index (χ4n) is 7.61. The van der Waals surface area contributed by atoms with Gasteiger partial charge in [0.2, 0.25) is 0 Å². The minimum absolute atomic E-state index is 0.0460. The summed E-state index contributed by atoms with van der Waals surface area (Å²) in [7, 11) is 1.74. The molecule has 1 aromatic carbocycles. The fraction of sp³-hybridized carbons (Fsp3) is 0.560. The van der Waals surface area contributed by atoms with Crippen molar-refractivity contribution in [2.24, 2.45) is 22.7 Å². The molecule has 0 heterocycles. The normalized spacial score (nSPS) is 42.3. The molecule has 0 amide bonds. The number of ether oxygens (including phenoxy) is 2. The average Bonchev–Trinajstić information content (AvgIpc) is 3.06. The predicted octanol–water partition coefficient (Wildman–Crippen LogP) is 5.21. The van der Waals surface area contributed by atoms with Crippen LogP contribution in [-0.2, 0) is 16.0 Å². The first-order chi connectivity index (χ1) is 13.4. The molecule has 28 heavy (non-hydrogen) atoms. The summed E-state index contributed by atoms with van der Waals surface area (Å²) in [6, 6.07) is 6.63. The van der Waals surface area contributed by atoms with Gasteiger partial charge < -0.3 is 9.47 Å². The smallest absolute Gasteiger partial charge is 0.303 e. The second kappa shape index (κ2) is 5.75. The lowest BCUT2D eigenvalue weighted by Gasteiger charge is -2.56. The zero-order chi connectivity index (χ0) is 19.7. The van der Waals surface area contributed by atoms with Gasteiger partial charge in [-0.1, -0.05) is 25.1 Å². The van der Waals surface area contributed by atoms with Crippen LogP contribution in [0.4, 0.5) is 0 Å². The van der Waals surface area contributed by atoms with Crippen molar-refractivity contribution >= 4 is 5.97 Å². The third-order valence-electron chi connectivity index (χ3n) is 8.80. The van der Waals surface area contributed by atoms with Crippen molar-refractivity contribution < 1.29 is 14.3 Å². The first-order valence-electron chi connectivity index (χ1n) is 10.6. The summed E-state index contributed by atoms with van der Waals surface area (Å²) in [5, 5.41) is 0. The lowest BCUT2D eigenvalue weighted by molar-refractivity contribution is -0.171. The number of allylic oxidation sites excluding steroid dienone is 1. The summed E-state index contributed by atoms with van der Waals surface area (Å²) in [6.45, 7) is 8.04. The number of hydrogen-bond donors (Lipinski definition) is 0. The number of carbonyl (C=O) groups is 1. The highest BCUT2D eigenvalue weighted by atomic mass is 16.6. The van der Waals surface area contributed by atoms with E-state index in [1.54, 1.807) is 14.0 Å². The van der Waals surface area contributed by atoms with Crippen molar-refractivity contribution in [1.82, 2.24) is 0 Å². The van der Waals surface area contributed by atoms with Crippen LogP contribution in [-0.4, -0.2) is 18.7 Å². The molecule has 3 heteroatoms. The molecule has 0 aliphatic heterocycles. The van der Waals surface area contributed by atoms with E-state index in [1.165, 1.54) is 17.5 Å². The van der Waals surface area contributed by atoms with E-state index >= 15 is 0 Å². The molecule has 4 aliphatic rings. The van der Waals surface area contributed by atoms with Crippen molar-refractivity contribution in [3.63, 3.8) is 0 Å². The van der Waals surface area contributed by atoms with E-state index in [1.807, 2.05) is 6.08 Å². The Hall–Kier alpha value is -2.03. The van der Waals surface area contributed by atoms with Crippen LogP contribution >= 0.6 is 0 Å². The first kappa shape index (κ1) is 18.0. The number of benzene rings is 1. The van der Waals surface area contributed by atoms with Crippen LogP contribution in [0, 0.1) is 22.7 Å². The van der Waals surface area contributed by atoms with Gasteiger partial charge in [-0.15, -0.1) is 6.58 Å². The summed E-state index contributed by atoms with van der Waals surface area (Å²) in [6.07, 6.45) is 12.2. The van der Waals surface area contributed by atoms with Crippen LogP contribution in [0.15, 0.2) is 43.0 Å². The number of fused-ring (bicyclic) bond motifs is 3.